The van der Waals surface area contributed by atoms with Gasteiger partial charge in [-0.25, -0.2) is 4.39 Å². The van der Waals surface area contributed by atoms with Gasteiger partial charge < -0.3 is 10.2 Å². The van der Waals surface area contributed by atoms with Gasteiger partial charge in [-0.3, -0.25) is 0 Å². The molecule has 1 aromatic rings. The molecular weight excluding hydrogens is 179 g/mol. The lowest BCUT2D eigenvalue weighted by molar-refractivity contribution is 0.609. The van der Waals surface area contributed by atoms with Gasteiger partial charge in [-0.1, -0.05) is 6.07 Å². The first kappa shape index (κ1) is 9.31. The van der Waals surface area contributed by atoms with Crippen LogP contribution in [0.3, 0.4) is 0 Å². The molecule has 76 valence electrons. The Hall–Kier alpha value is -1.25. The molecule has 0 amide bonds. The zero-order valence-corrected chi connectivity index (χ0v) is 8.55. The predicted octanol–water partition coefficient (Wildman–Crippen LogP) is 2.47. The third-order valence-electron chi connectivity index (χ3n) is 2.75. The van der Waals surface area contributed by atoms with Crippen LogP contribution in [0.15, 0.2) is 18.2 Å². The summed E-state index contributed by atoms with van der Waals surface area (Å²) in [6.45, 7) is 5.96. The molecular formula is C11H15FN2. The number of anilines is 2. The number of likely N-dealkylation sites (N-methyl/N-ethyl adjacent to an activating group) is 1. The molecule has 1 heterocycles. The Morgan fingerprint density at radius 3 is 3.07 bits per heavy atom. The Labute approximate surface area is 83.7 Å². The fraction of sp³-hybridized carbons (Fsp3) is 0.455. The van der Waals surface area contributed by atoms with Crippen molar-refractivity contribution < 1.29 is 4.39 Å². The Balaban J connectivity index is 2.46. The molecule has 2 nitrogen and oxygen atoms in total. The van der Waals surface area contributed by atoms with Crippen molar-refractivity contribution in [1.82, 2.24) is 0 Å². The Morgan fingerprint density at radius 2 is 2.36 bits per heavy atom. The van der Waals surface area contributed by atoms with Crippen LogP contribution in [0.5, 0.6) is 0 Å². The van der Waals surface area contributed by atoms with Gasteiger partial charge in [0, 0.05) is 19.1 Å². The second kappa shape index (κ2) is 3.48. The molecule has 0 saturated heterocycles. The fourth-order valence-corrected chi connectivity index (χ4v) is 2.01. The molecule has 0 radical (unpaired) electrons. The first-order chi connectivity index (χ1) is 6.74. The molecule has 1 aliphatic rings. The predicted molar refractivity (Wildman–Crippen MR) is 57.4 cm³/mol. The second-order valence-electron chi connectivity index (χ2n) is 3.65. The molecule has 0 spiro atoms. The van der Waals surface area contributed by atoms with Gasteiger partial charge in [-0.05, 0) is 26.0 Å². The highest BCUT2D eigenvalue weighted by atomic mass is 19.1. The number of fused-ring (bicyclic) bond motifs is 1. The highest BCUT2D eigenvalue weighted by Crippen LogP contribution is 2.32. The van der Waals surface area contributed by atoms with Crippen molar-refractivity contribution in [1.29, 1.82) is 0 Å². The lowest BCUT2D eigenvalue weighted by Gasteiger charge is -2.37. The van der Waals surface area contributed by atoms with E-state index in [4.69, 9.17) is 0 Å². The third-order valence-corrected chi connectivity index (χ3v) is 2.75. The molecule has 0 bridgehead atoms. The van der Waals surface area contributed by atoms with Crippen LogP contribution in [0.4, 0.5) is 15.8 Å². The number of hydrogen-bond donors (Lipinski definition) is 1. The first-order valence-corrected chi connectivity index (χ1v) is 5.03. The van der Waals surface area contributed by atoms with E-state index in [2.05, 4.69) is 24.1 Å². The van der Waals surface area contributed by atoms with Crippen LogP contribution in [-0.4, -0.2) is 19.1 Å². The third kappa shape index (κ3) is 1.33. The van der Waals surface area contributed by atoms with Gasteiger partial charge in [0.2, 0.25) is 0 Å². The van der Waals surface area contributed by atoms with Crippen molar-refractivity contribution in [2.75, 3.05) is 23.3 Å². The maximum Gasteiger partial charge on any atom is 0.148 e. The van der Waals surface area contributed by atoms with Gasteiger partial charge in [0.05, 0.1) is 11.4 Å². The van der Waals surface area contributed by atoms with Crippen LogP contribution in [0.2, 0.25) is 0 Å². The van der Waals surface area contributed by atoms with E-state index >= 15 is 0 Å². The van der Waals surface area contributed by atoms with Gasteiger partial charge in [-0.2, -0.15) is 0 Å². The normalized spacial score (nSPS) is 20.2. The van der Waals surface area contributed by atoms with Crippen molar-refractivity contribution in [2.45, 2.75) is 19.9 Å². The van der Waals surface area contributed by atoms with Gasteiger partial charge >= 0.3 is 0 Å². The number of benzene rings is 1. The van der Waals surface area contributed by atoms with Crippen molar-refractivity contribution >= 4 is 11.4 Å². The number of rotatable bonds is 1. The average Bonchev–Trinajstić information content (AvgIpc) is 2.18. The summed E-state index contributed by atoms with van der Waals surface area (Å²) >= 11 is 0. The highest BCUT2D eigenvalue weighted by Gasteiger charge is 2.22. The molecule has 1 aliphatic heterocycles. The summed E-state index contributed by atoms with van der Waals surface area (Å²) in [5.41, 5.74) is 1.62. The van der Waals surface area contributed by atoms with E-state index in [1.54, 1.807) is 6.07 Å². The Kier molecular flexibility index (Phi) is 2.32. The van der Waals surface area contributed by atoms with E-state index < -0.39 is 0 Å². The van der Waals surface area contributed by atoms with E-state index in [1.165, 1.54) is 6.07 Å². The SMILES string of the molecule is CCN1c2cccc(F)c2NCC1C. The van der Waals surface area contributed by atoms with Crippen LogP contribution in [0.1, 0.15) is 13.8 Å². The zero-order chi connectivity index (χ0) is 10.1. The smallest absolute Gasteiger partial charge is 0.148 e. The summed E-state index contributed by atoms with van der Waals surface area (Å²) in [7, 11) is 0. The van der Waals surface area contributed by atoms with Gasteiger partial charge in [0.1, 0.15) is 5.82 Å². The van der Waals surface area contributed by atoms with E-state index in [0.717, 1.165) is 18.8 Å². The summed E-state index contributed by atoms with van der Waals surface area (Å²) in [4.78, 5) is 2.22. The van der Waals surface area contributed by atoms with Crippen LogP contribution >= 0.6 is 0 Å². The Morgan fingerprint density at radius 1 is 1.57 bits per heavy atom. The fourth-order valence-electron chi connectivity index (χ4n) is 2.01. The molecule has 0 saturated carbocycles. The second-order valence-corrected chi connectivity index (χ2v) is 3.65. The van der Waals surface area contributed by atoms with Crippen LogP contribution in [-0.2, 0) is 0 Å². The summed E-state index contributed by atoms with van der Waals surface area (Å²) in [6, 6.07) is 5.64. The van der Waals surface area contributed by atoms with E-state index in [9.17, 15) is 4.39 Å². The molecule has 3 heteroatoms. The number of nitrogens with zero attached hydrogens (tertiary/aromatic N) is 1. The molecule has 0 fully saturated rings. The van der Waals surface area contributed by atoms with Crippen LogP contribution in [0, 0.1) is 5.82 Å². The zero-order valence-electron chi connectivity index (χ0n) is 8.55. The minimum absolute atomic E-state index is 0.159. The number of nitrogens with one attached hydrogen (secondary N) is 1. The molecule has 1 unspecified atom stereocenters. The molecule has 1 atom stereocenters. The number of hydrogen-bond acceptors (Lipinski definition) is 2. The maximum absolute atomic E-state index is 13.4. The van der Waals surface area contributed by atoms with Crippen molar-refractivity contribution in [3.05, 3.63) is 24.0 Å². The van der Waals surface area contributed by atoms with Crippen molar-refractivity contribution in [2.24, 2.45) is 0 Å². The van der Waals surface area contributed by atoms with Crippen molar-refractivity contribution in [3.8, 4) is 0 Å². The quantitative estimate of drug-likeness (QED) is 0.738. The highest BCUT2D eigenvalue weighted by molar-refractivity contribution is 5.73. The van der Waals surface area contributed by atoms with Gasteiger partial charge in [0.15, 0.2) is 0 Å². The lowest BCUT2D eigenvalue weighted by atomic mass is 10.1. The minimum Gasteiger partial charge on any atom is -0.379 e. The van der Waals surface area contributed by atoms with Crippen LogP contribution in [0.25, 0.3) is 0 Å². The average molecular weight is 194 g/mol. The molecule has 1 N–H and O–H groups in total. The molecule has 0 aromatic heterocycles. The topological polar surface area (TPSA) is 15.3 Å². The summed E-state index contributed by atoms with van der Waals surface area (Å²) in [5.74, 6) is -0.159. The summed E-state index contributed by atoms with van der Waals surface area (Å²) in [6.07, 6.45) is 0. The lowest BCUT2D eigenvalue weighted by Crippen LogP contribution is -2.42. The summed E-state index contributed by atoms with van der Waals surface area (Å²) in [5, 5.41) is 3.13. The van der Waals surface area contributed by atoms with Crippen molar-refractivity contribution in [3.63, 3.8) is 0 Å². The van der Waals surface area contributed by atoms with E-state index in [-0.39, 0.29) is 5.82 Å². The standard InChI is InChI=1S/C11H15FN2/c1-3-14-8(2)7-13-11-9(12)5-4-6-10(11)14/h4-6,8,13H,3,7H2,1-2H3. The van der Waals surface area contributed by atoms with E-state index in [1.807, 2.05) is 6.07 Å². The largest absolute Gasteiger partial charge is 0.379 e. The molecule has 0 aliphatic carbocycles. The van der Waals surface area contributed by atoms with E-state index in [0.29, 0.717) is 11.7 Å². The maximum atomic E-state index is 13.4. The van der Waals surface area contributed by atoms with Gasteiger partial charge in [0.25, 0.3) is 0 Å². The van der Waals surface area contributed by atoms with Gasteiger partial charge in [-0.15, -0.1) is 0 Å². The molecule has 1 aromatic carbocycles. The monoisotopic (exact) mass is 194 g/mol. The van der Waals surface area contributed by atoms with Crippen LogP contribution < -0.4 is 10.2 Å². The number of para-hydroxylation sites is 1. The first-order valence-electron chi connectivity index (χ1n) is 5.03. The number of halogens is 1. The summed E-state index contributed by atoms with van der Waals surface area (Å²) < 4.78 is 13.4. The molecule has 2 rings (SSSR count). The Bertz CT molecular complexity index is 338. The molecule has 14 heavy (non-hydrogen) atoms. The minimum atomic E-state index is -0.159.